The lowest BCUT2D eigenvalue weighted by atomic mass is 10.1. The second-order valence-corrected chi connectivity index (χ2v) is 6.14. The van der Waals surface area contributed by atoms with Crippen molar-refractivity contribution in [2.75, 3.05) is 6.61 Å². The maximum atomic E-state index is 12.9. The van der Waals surface area contributed by atoms with Crippen LogP contribution in [0.15, 0.2) is 66.7 Å². The maximum Gasteiger partial charge on any atom is 0.276 e. The highest BCUT2D eigenvalue weighted by molar-refractivity contribution is 7.80. The van der Waals surface area contributed by atoms with E-state index in [9.17, 15) is 14.0 Å². The number of thiocarbonyl (C=S) groups is 1. The minimum Gasteiger partial charge on any atom is -0.483 e. The summed E-state index contributed by atoms with van der Waals surface area (Å²) in [5.74, 6) is -0.874. The van der Waals surface area contributed by atoms with E-state index in [0.29, 0.717) is 5.75 Å². The van der Waals surface area contributed by atoms with Gasteiger partial charge in [0.25, 0.3) is 11.8 Å². The molecule has 0 radical (unpaired) electrons. The summed E-state index contributed by atoms with van der Waals surface area (Å²) in [6, 6.07) is 18.2. The SMILES string of the molecule is O=C(COc1cccc2ccccc12)NNC(=S)NC(=O)c1ccc(F)cc1. The van der Waals surface area contributed by atoms with Crippen LogP contribution in [0.2, 0.25) is 0 Å². The number of hydrazine groups is 1. The van der Waals surface area contributed by atoms with Gasteiger partial charge in [-0.1, -0.05) is 36.4 Å². The molecule has 3 rings (SSSR count). The van der Waals surface area contributed by atoms with E-state index >= 15 is 0 Å². The van der Waals surface area contributed by atoms with Gasteiger partial charge >= 0.3 is 0 Å². The molecule has 0 spiro atoms. The number of fused-ring (bicyclic) bond motifs is 1. The van der Waals surface area contributed by atoms with Crippen LogP contribution in [0.1, 0.15) is 10.4 Å². The van der Waals surface area contributed by atoms with Crippen LogP contribution in [0.5, 0.6) is 5.75 Å². The van der Waals surface area contributed by atoms with Crippen LogP contribution in [-0.2, 0) is 4.79 Å². The van der Waals surface area contributed by atoms with Gasteiger partial charge in [-0.15, -0.1) is 0 Å². The molecule has 0 aliphatic rings. The van der Waals surface area contributed by atoms with Crippen molar-refractivity contribution in [2.45, 2.75) is 0 Å². The number of hydrogen-bond acceptors (Lipinski definition) is 4. The Bertz CT molecular complexity index is 1020. The van der Waals surface area contributed by atoms with Gasteiger partial charge in [0.05, 0.1) is 0 Å². The van der Waals surface area contributed by atoms with Gasteiger partial charge in [-0.3, -0.25) is 25.8 Å². The predicted octanol–water partition coefficient (Wildman–Crippen LogP) is 2.69. The molecule has 3 N–H and O–H groups in total. The van der Waals surface area contributed by atoms with Crippen LogP contribution >= 0.6 is 12.2 Å². The summed E-state index contributed by atoms with van der Waals surface area (Å²) in [6.45, 7) is -0.241. The summed E-state index contributed by atoms with van der Waals surface area (Å²) in [4.78, 5) is 23.9. The third-order valence-corrected chi connectivity index (χ3v) is 3.96. The highest BCUT2D eigenvalue weighted by Gasteiger charge is 2.09. The Morgan fingerprint density at radius 1 is 0.929 bits per heavy atom. The molecule has 0 fully saturated rings. The summed E-state index contributed by atoms with van der Waals surface area (Å²) in [5, 5.41) is 4.17. The molecule has 0 aromatic heterocycles. The van der Waals surface area contributed by atoms with Gasteiger partial charge in [0, 0.05) is 10.9 Å². The molecule has 142 valence electrons. The number of carbonyl (C=O) groups excluding carboxylic acids is 2. The van der Waals surface area contributed by atoms with Crippen LogP contribution in [-0.4, -0.2) is 23.5 Å². The number of ether oxygens (including phenoxy) is 1. The van der Waals surface area contributed by atoms with Crippen molar-refractivity contribution in [1.29, 1.82) is 0 Å². The highest BCUT2D eigenvalue weighted by Crippen LogP contribution is 2.24. The van der Waals surface area contributed by atoms with Crippen LogP contribution < -0.4 is 20.9 Å². The van der Waals surface area contributed by atoms with Gasteiger partial charge in [-0.2, -0.15) is 0 Å². The first kappa shape index (κ1) is 19.2. The first-order chi connectivity index (χ1) is 13.5. The van der Waals surface area contributed by atoms with Gasteiger partial charge < -0.3 is 4.74 Å². The van der Waals surface area contributed by atoms with Gasteiger partial charge in [-0.05, 0) is 47.9 Å². The minimum absolute atomic E-state index is 0.104. The van der Waals surface area contributed by atoms with Crippen molar-refractivity contribution < 1.29 is 18.7 Å². The second kappa shape index (κ2) is 8.92. The van der Waals surface area contributed by atoms with Crippen molar-refractivity contribution in [3.63, 3.8) is 0 Å². The van der Waals surface area contributed by atoms with Crippen molar-refractivity contribution in [3.8, 4) is 5.75 Å². The lowest BCUT2D eigenvalue weighted by molar-refractivity contribution is -0.123. The predicted molar refractivity (Wildman–Crippen MR) is 107 cm³/mol. The molecule has 0 aliphatic carbocycles. The summed E-state index contributed by atoms with van der Waals surface area (Å²) in [7, 11) is 0. The fraction of sp³-hybridized carbons (Fsp3) is 0.0500. The molecule has 0 aliphatic heterocycles. The number of nitrogens with one attached hydrogen (secondary N) is 3. The number of rotatable bonds is 4. The van der Waals surface area contributed by atoms with E-state index in [2.05, 4.69) is 16.2 Å². The summed E-state index contributed by atoms with van der Waals surface area (Å²) in [6.07, 6.45) is 0. The summed E-state index contributed by atoms with van der Waals surface area (Å²) < 4.78 is 18.4. The lowest BCUT2D eigenvalue weighted by Gasteiger charge is -2.12. The fourth-order valence-electron chi connectivity index (χ4n) is 2.44. The molecule has 0 atom stereocenters. The highest BCUT2D eigenvalue weighted by atomic mass is 32.1. The Labute approximate surface area is 165 Å². The average Bonchev–Trinajstić information content (AvgIpc) is 2.71. The van der Waals surface area contributed by atoms with Crippen molar-refractivity contribution in [1.82, 2.24) is 16.2 Å². The van der Waals surface area contributed by atoms with Gasteiger partial charge in [-0.25, -0.2) is 4.39 Å². The zero-order chi connectivity index (χ0) is 19.9. The second-order valence-electron chi connectivity index (χ2n) is 5.73. The van der Waals surface area contributed by atoms with Gasteiger partial charge in [0.15, 0.2) is 11.7 Å². The Kier molecular flexibility index (Phi) is 6.13. The Hall–Kier alpha value is -3.52. The Morgan fingerprint density at radius 2 is 1.64 bits per heavy atom. The molecule has 0 bridgehead atoms. The number of amides is 2. The molecule has 6 nitrogen and oxygen atoms in total. The maximum absolute atomic E-state index is 12.9. The molecule has 3 aromatic carbocycles. The van der Waals surface area contributed by atoms with E-state index in [1.807, 2.05) is 36.4 Å². The van der Waals surface area contributed by atoms with E-state index in [1.165, 1.54) is 12.1 Å². The first-order valence-corrected chi connectivity index (χ1v) is 8.70. The van der Waals surface area contributed by atoms with E-state index in [1.54, 1.807) is 6.07 Å². The topological polar surface area (TPSA) is 79.5 Å². The lowest BCUT2D eigenvalue weighted by Crippen LogP contribution is -2.49. The zero-order valence-electron chi connectivity index (χ0n) is 14.6. The molecule has 2 amide bonds. The number of hydrogen-bond donors (Lipinski definition) is 3. The van der Waals surface area contributed by atoms with E-state index < -0.39 is 17.6 Å². The number of carbonyl (C=O) groups is 2. The summed E-state index contributed by atoms with van der Waals surface area (Å²) >= 11 is 4.94. The first-order valence-electron chi connectivity index (χ1n) is 8.29. The molecule has 28 heavy (non-hydrogen) atoms. The third kappa shape index (κ3) is 5.01. The smallest absolute Gasteiger partial charge is 0.276 e. The molecule has 0 heterocycles. The van der Waals surface area contributed by atoms with E-state index in [4.69, 9.17) is 17.0 Å². The minimum atomic E-state index is -0.529. The van der Waals surface area contributed by atoms with Crippen molar-refractivity contribution in [2.24, 2.45) is 0 Å². The largest absolute Gasteiger partial charge is 0.483 e. The quantitative estimate of drug-likeness (QED) is 0.466. The molecule has 0 saturated heterocycles. The molecular weight excluding hydrogens is 381 g/mol. The van der Waals surface area contributed by atoms with Crippen LogP contribution in [0.4, 0.5) is 4.39 Å². The third-order valence-electron chi connectivity index (χ3n) is 3.76. The Balaban J connectivity index is 1.46. The standard InChI is InChI=1S/C20H16FN3O3S/c21-15-10-8-14(9-11-15)19(26)22-20(28)24-23-18(25)12-27-17-7-3-5-13-4-1-2-6-16(13)17/h1-11H,12H2,(H,23,25)(H2,22,24,26,28). The molecule has 8 heteroatoms. The van der Waals surface area contributed by atoms with E-state index in [0.717, 1.165) is 22.9 Å². The van der Waals surface area contributed by atoms with Crippen LogP contribution in [0.25, 0.3) is 10.8 Å². The molecule has 0 unspecified atom stereocenters. The summed E-state index contributed by atoms with van der Waals surface area (Å²) in [5.41, 5.74) is 4.98. The number of halogens is 1. The van der Waals surface area contributed by atoms with Crippen molar-refractivity contribution >= 4 is 39.9 Å². The fourth-order valence-corrected chi connectivity index (χ4v) is 2.58. The van der Waals surface area contributed by atoms with Gasteiger partial charge in [0.1, 0.15) is 11.6 Å². The van der Waals surface area contributed by atoms with E-state index in [-0.39, 0.29) is 17.3 Å². The zero-order valence-corrected chi connectivity index (χ0v) is 15.4. The number of benzene rings is 3. The molecule has 3 aromatic rings. The van der Waals surface area contributed by atoms with Crippen LogP contribution in [0, 0.1) is 5.82 Å². The Morgan fingerprint density at radius 3 is 2.43 bits per heavy atom. The molecular formula is C20H16FN3O3S. The average molecular weight is 397 g/mol. The van der Waals surface area contributed by atoms with Gasteiger partial charge in [0.2, 0.25) is 0 Å². The van der Waals surface area contributed by atoms with Crippen LogP contribution in [0.3, 0.4) is 0 Å². The monoisotopic (exact) mass is 397 g/mol. The van der Waals surface area contributed by atoms with Crippen molar-refractivity contribution in [3.05, 3.63) is 78.1 Å². The molecule has 0 saturated carbocycles. The normalized spacial score (nSPS) is 10.2.